The lowest BCUT2D eigenvalue weighted by Crippen LogP contribution is -2.20. The van der Waals surface area contributed by atoms with Crippen LogP contribution in [0.1, 0.15) is 0 Å². The molecule has 4 heteroatoms. The van der Waals surface area contributed by atoms with Crippen LogP contribution >= 0.6 is 0 Å². The maximum absolute atomic E-state index is 10.4. The highest BCUT2D eigenvalue weighted by Crippen LogP contribution is 1.83. The van der Waals surface area contributed by atoms with Crippen LogP contribution in [0.25, 0.3) is 0 Å². The van der Waals surface area contributed by atoms with Crippen molar-refractivity contribution in [3.63, 3.8) is 0 Å². The number of carbonyl (C=O) groups is 2. The molecule has 10 heavy (non-hydrogen) atoms. The molecule has 0 aliphatic rings. The van der Waals surface area contributed by atoms with Crippen LogP contribution in [0.3, 0.4) is 0 Å². The first-order valence-corrected chi connectivity index (χ1v) is 2.51. The van der Waals surface area contributed by atoms with Crippen LogP contribution in [0.2, 0.25) is 0 Å². The zero-order valence-corrected chi connectivity index (χ0v) is 5.33. The number of nitrogens with two attached hydrogens (primary N) is 2. The quantitative estimate of drug-likeness (QED) is 0.496. The molecule has 54 valence electrons. The van der Waals surface area contributed by atoms with Crippen LogP contribution in [0.4, 0.5) is 0 Å². The first-order chi connectivity index (χ1) is 4.57. The standard InChI is InChI=1S/C6H8N2O2/c1-2-4(9)3-5(7)6(8)10/h2-3H,1,7H2,(H2,8,10). The van der Waals surface area contributed by atoms with E-state index in [2.05, 4.69) is 6.58 Å². The van der Waals surface area contributed by atoms with Gasteiger partial charge >= 0.3 is 0 Å². The van der Waals surface area contributed by atoms with E-state index in [-0.39, 0.29) is 5.70 Å². The molecule has 0 aromatic carbocycles. The molecule has 4 nitrogen and oxygen atoms in total. The van der Waals surface area contributed by atoms with Gasteiger partial charge in [-0.3, -0.25) is 9.59 Å². The topological polar surface area (TPSA) is 86.2 Å². The van der Waals surface area contributed by atoms with Gasteiger partial charge in [-0.2, -0.15) is 0 Å². The third kappa shape index (κ3) is 2.66. The third-order valence-corrected chi connectivity index (χ3v) is 0.783. The van der Waals surface area contributed by atoms with E-state index in [1.807, 2.05) is 0 Å². The van der Waals surface area contributed by atoms with Crippen molar-refractivity contribution in [2.24, 2.45) is 11.5 Å². The van der Waals surface area contributed by atoms with Crippen LogP contribution in [0, 0.1) is 0 Å². The fourth-order valence-electron chi connectivity index (χ4n) is 0.283. The van der Waals surface area contributed by atoms with Gasteiger partial charge in [0.05, 0.1) is 0 Å². The van der Waals surface area contributed by atoms with Crippen LogP contribution in [0.15, 0.2) is 24.4 Å². The van der Waals surface area contributed by atoms with E-state index in [0.29, 0.717) is 0 Å². The van der Waals surface area contributed by atoms with Gasteiger partial charge in [-0.1, -0.05) is 6.58 Å². The molecule has 0 bridgehead atoms. The van der Waals surface area contributed by atoms with Crippen molar-refractivity contribution in [2.75, 3.05) is 0 Å². The van der Waals surface area contributed by atoms with Gasteiger partial charge in [0.15, 0.2) is 5.78 Å². The molecule has 0 saturated carbocycles. The molecule has 0 fully saturated rings. The van der Waals surface area contributed by atoms with Gasteiger partial charge in [0.1, 0.15) is 5.70 Å². The Morgan fingerprint density at radius 1 is 1.30 bits per heavy atom. The van der Waals surface area contributed by atoms with Crippen LogP contribution in [-0.4, -0.2) is 11.7 Å². The number of ketones is 1. The van der Waals surface area contributed by atoms with Crippen molar-refractivity contribution >= 4 is 11.7 Å². The Hall–Kier alpha value is -1.58. The second-order valence-electron chi connectivity index (χ2n) is 1.57. The van der Waals surface area contributed by atoms with Crippen LogP contribution in [0.5, 0.6) is 0 Å². The highest BCUT2D eigenvalue weighted by atomic mass is 16.1. The van der Waals surface area contributed by atoms with Gasteiger partial charge in [-0.05, 0) is 6.08 Å². The van der Waals surface area contributed by atoms with E-state index >= 15 is 0 Å². The Bertz CT molecular complexity index is 206. The van der Waals surface area contributed by atoms with Gasteiger partial charge < -0.3 is 11.5 Å². The first-order valence-electron chi connectivity index (χ1n) is 2.51. The summed E-state index contributed by atoms with van der Waals surface area (Å²) < 4.78 is 0. The van der Waals surface area contributed by atoms with Gasteiger partial charge in [0, 0.05) is 6.08 Å². The lowest BCUT2D eigenvalue weighted by Gasteiger charge is -1.89. The van der Waals surface area contributed by atoms with E-state index in [0.717, 1.165) is 12.2 Å². The van der Waals surface area contributed by atoms with Gasteiger partial charge in [0.25, 0.3) is 5.91 Å². The molecular weight excluding hydrogens is 132 g/mol. The number of primary amides is 1. The highest BCUT2D eigenvalue weighted by Gasteiger charge is 1.98. The van der Waals surface area contributed by atoms with E-state index in [1.54, 1.807) is 0 Å². The molecule has 4 N–H and O–H groups in total. The number of hydrogen-bond donors (Lipinski definition) is 2. The summed E-state index contributed by atoms with van der Waals surface area (Å²) in [5, 5.41) is 0. The van der Waals surface area contributed by atoms with Crippen molar-refractivity contribution in [3.8, 4) is 0 Å². The Balaban J connectivity index is 4.30. The van der Waals surface area contributed by atoms with E-state index in [1.165, 1.54) is 0 Å². The van der Waals surface area contributed by atoms with Crippen LogP contribution < -0.4 is 11.5 Å². The lowest BCUT2D eigenvalue weighted by molar-refractivity contribution is -0.115. The summed E-state index contributed by atoms with van der Waals surface area (Å²) in [6.07, 6.45) is 1.96. The summed E-state index contributed by atoms with van der Waals surface area (Å²) in [5.41, 5.74) is 9.47. The summed E-state index contributed by atoms with van der Waals surface area (Å²) in [6.45, 7) is 3.17. The Kier molecular flexibility index (Phi) is 2.90. The van der Waals surface area contributed by atoms with Crippen LogP contribution in [-0.2, 0) is 9.59 Å². The zero-order chi connectivity index (χ0) is 8.15. The van der Waals surface area contributed by atoms with Crippen molar-refractivity contribution < 1.29 is 9.59 Å². The predicted molar refractivity (Wildman–Crippen MR) is 36.7 cm³/mol. The number of amides is 1. The molecule has 0 aromatic rings. The van der Waals surface area contributed by atoms with E-state index in [4.69, 9.17) is 11.5 Å². The minimum Gasteiger partial charge on any atom is -0.394 e. The Morgan fingerprint density at radius 2 is 1.80 bits per heavy atom. The molecule has 0 spiro atoms. The molecule has 0 rings (SSSR count). The summed E-state index contributed by atoms with van der Waals surface area (Å²) in [7, 11) is 0. The number of hydrogen-bond acceptors (Lipinski definition) is 3. The number of carbonyl (C=O) groups excluding carboxylic acids is 2. The molecule has 0 atom stereocenters. The summed E-state index contributed by atoms with van der Waals surface area (Å²) in [6, 6.07) is 0. The SMILES string of the molecule is C=CC(=O)C=C(N)C(N)=O. The predicted octanol–water partition coefficient (Wildman–Crippen LogP) is -0.931. The van der Waals surface area contributed by atoms with Gasteiger partial charge in [-0.25, -0.2) is 0 Å². The molecule has 1 amide bonds. The maximum Gasteiger partial charge on any atom is 0.264 e. The molecule has 0 aliphatic carbocycles. The molecule has 0 unspecified atom stereocenters. The zero-order valence-electron chi connectivity index (χ0n) is 5.33. The fourth-order valence-corrected chi connectivity index (χ4v) is 0.283. The number of allylic oxidation sites excluding steroid dienone is 2. The van der Waals surface area contributed by atoms with Crippen molar-refractivity contribution in [1.82, 2.24) is 0 Å². The largest absolute Gasteiger partial charge is 0.394 e. The monoisotopic (exact) mass is 140 g/mol. The molecule has 0 saturated heterocycles. The third-order valence-electron chi connectivity index (χ3n) is 0.783. The average Bonchev–Trinajstić information content (AvgIpc) is 1.87. The van der Waals surface area contributed by atoms with Gasteiger partial charge in [0.2, 0.25) is 0 Å². The van der Waals surface area contributed by atoms with Crippen molar-refractivity contribution in [2.45, 2.75) is 0 Å². The molecule has 0 heterocycles. The fraction of sp³-hybridized carbons (Fsp3) is 0. The maximum atomic E-state index is 10.4. The van der Waals surface area contributed by atoms with Crippen molar-refractivity contribution in [3.05, 3.63) is 24.4 Å². The van der Waals surface area contributed by atoms with Gasteiger partial charge in [-0.15, -0.1) is 0 Å². The summed E-state index contributed by atoms with van der Waals surface area (Å²) in [5.74, 6) is -1.24. The molecule has 0 aliphatic heterocycles. The second-order valence-corrected chi connectivity index (χ2v) is 1.57. The smallest absolute Gasteiger partial charge is 0.264 e. The minimum atomic E-state index is -0.810. The van der Waals surface area contributed by atoms with E-state index < -0.39 is 11.7 Å². The minimum absolute atomic E-state index is 0.259. The molecule has 0 radical (unpaired) electrons. The molecule has 0 aromatic heterocycles. The Labute approximate surface area is 58.2 Å². The lowest BCUT2D eigenvalue weighted by atomic mass is 10.3. The Morgan fingerprint density at radius 3 is 2.10 bits per heavy atom. The highest BCUT2D eigenvalue weighted by molar-refractivity contribution is 6.05. The average molecular weight is 140 g/mol. The molecular formula is C6H8N2O2. The second kappa shape index (κ2) is 3.45. The first kappa shape index (κ1) is 8.42. The normalized spacial score (nSPS) is 10.6. The summed E-state index contributed by atoms with van der Waals surface area (Å²) >= 11 is 0. The van der Waals surface area contributed by atoms with E-state index in [9.17, 15) is 9.59 Å². The number of rotatable bonds is 3. The van der Waals surface area contributed by atoms with Crippen molar-refractivity contribution in [1.29, 1.82) is 0 Å². The summed E-state index contributed by atoms with van der Waals surface area (Å²) in [4.78, 5) is 20.6.